The number of hydrogen-bond donors (Lipinski definition) is 1. The van der Waals surface area contributed by atoms with Crippen LogP contribution < -0.4 is 4.31 Å². The van der Waals surface area contributed by atoms with E-state index in [1.165, 1.54) is 4.31 Å². The fourth-order valence-electron chi connectivity index (χ4n) is 5.17. The fraction of sp³-hybridized carbons (Fsp3) is 0.125. The third-order valence-electron chi connectivity index (χ3n) is 7.08. The van der Waals surface area contributed by atoms with Crippen molar-refractivity contribution in [3.63, 3.8) is 0 Å². The minimum Gasteiger partial charge on any atom is -0.389 e. The van der Waals surface area contributed by atoms with E-state index < -0.39 is 16.1 Å². The van der Waals surface area contributed by atoms with Crippen LogP contribution in [-0.4, -0.2) is 30.7 Å². The first-order valence-electron chi connectivity index (χ1n) is 12.6. The lowest BCUT2D eigenvalue weighted by atomic mass is 10.1. The summed E-state index contributed by atoms with van der Waals surface area (Å²) in [7, 11) is -3.93. The van der Waals surface area contributed by atoms with Crippen molar-refractivity contribution in [3.8, 4) is 0 Å². The van der Waals surface area contributed by atoms with E-state index in [0.29, 0.717) is 5.69 Å². The maximum Gasteiger partial charge on any atom is 0.264 e. The van der Waals surface area contributed by atoms with Gasteiger partial charge in [0.15, 0.2) is 0 Å². The second-order valence-corrected chi connectivity index (χ2v) is 11.5. The Morgan fingerprint density at radius 3 is 1.97 bits per heavy atom. The zero-order valence-corrected chi connectivity index (χ0v) is 21.8. The second-order valence-electron chi connectivity index (χ2n) is 9.68. The molecule has 0 bridgehead atoms. The van der Waals surface area contributed by atoms with E-state index in [1.54, 1.807) is 30.3 Å². The smallest absolute Gasteiger partial charge is 0.264 e. The predicted molar refractivity (Wildman–Crippen MR) is 155 cm³/mol. The summed E-state index contributed by atoms with van der Waals surface area (Å²) in [6.45, 7) is 2.09. The molecule has 5 nitrogen and oxygen atoms in total. The maximum atomic E-state index is 14.0. The summed E-state index contributed by atoms with van der Waals surface area (Å²) in [5, 5.41) is 15.6. The first-order valence-corrected chi connectivity index (χ1v) is 14.1. The van der Waals surface area contributed by atoms with Gasteiger partial charge in [-0.2, -0.15) is 0 Å². The topological polar surface area (TPSA) is 62.5 Å². The van der Waals surface area contributed by atoms with Gasteiger partial charge >= 0.3 is 0 Å². The highest BCUT2D eigenvalue weighted by molar-refractivity contribution is 7.92. The van der Waals surface area contributed by atoms with Gasteiger partial charge in [-0.15, -0.1) is 0 Å². The van der Waals surface area contributed by atoms with Crippen molar-refractivity contribution in [2.24, 2.45) is 0 Å². The summed E-state index contributed by atoms with van der Waals surface area (Å²) in [6.07, 6.45) is -0.957. The zero-order valence-electron chi connectivity index (χ0n) is 21.0. The van der Waals surface area contributed by atoms with Crippen molar-refractivity contribution < 1.29 is 13.5 Å². The summed E-state index contributed by atoms with van der Waals surface area (Å²) >= 11 is 0. The fourth-order valence-corrected chi connectivity index (χ4v) is 6.67. The molecule has 0 saturated heterocycles. The van der Waals surface area contributed by atoms with E-state index in [4.69, 9.17) is 0 Å². The molecule has 190 valence electrons. The van der Waals surface area contributed by atoms with Gasteiger partial charge in [-0.05, 0) is 54.1 Å². The molecule has 1 N–H and O–H groups in total. The Morgan fingerprint density at radius 1 is 0.737 bits per heavy atom. The monoisotopic (exact) mass is 520 g/mol. The van der Waals surface area contributed by atoms with Gasteiger partial charge in [0.1, 0.15) is 0 Å². The second kappa shape index (κ2) is 9.63. The predicted octanol–water partition coefficient (Wildman–Crippen LogP) is 6.51. The van der Waals surface area contributed by atoms with Crippen molar-refractivity contribution in [3.05, 3.63) is 121 Å². The summed E-state index contributed by atoms with van der Waals surface area (Å²) in [4.78, 5) is 0.195. The molecule has 0 spiro atoms. The molecule has 5 aromatic carbocycles. The molecule has 1 aromatic heterocycles. The Labute approximate surface area is 222 Å². The van der Waals surface area contributed by atoms with E-state index in [2.05, 4.69) is 16.7 Å². The average molecular weight is 521 g/mol. The van der Waals surface area contributed by atoms with Gasteiger partial charge in [-0.3, -0.25) is 4.31 Å². The lowest BCUT2D eigenvalue weighted by molar-refractivity contribution is 0.166. The minimum absolute atomic E-state index is 0.0879. The number of aromatic nitrogens is 1. The lowest BCUT2D eigenvalue weighted by Crippen LogP contribution is -2.39. The first-order chi connectivity index (χ1) is 18.4. The highest BCUT2D eigenvalue weighted by Gasteiger charge is 2.28. The number of aliphatic hydroxyl groups is 1. The molecule has 1 heterocycles. The number of rotatable bonds is 7. The van der Waals surface area contributed by atoms with Crippen LogP contribution in [0.1, 0.15) is 5.56 Å². The van der Waals surface area contributed by atoms with Gasteiger partial charge in [0.05, 0.1) is 29.8 Å². The summed E-state index contributed by atoms with van der Waals surface area (Å²) in [5.41, 5.74) is 3.51. The molecule has 6 rings (SSSR count). The molecule has 0 aliphatic rings. The Morgan fingerprint density at radius 2 is 1.32 bits per heavy atom. The van der Waals surface area contributed by atoms with Crippen LogP contribution in [0.25, 0.3) is 32.6 Å². The molecule has 0 aliphatic heterocycles. The van der Waals surface area contributed by atoms with E-state index >= 15 is 0 Å². The first kappa shape index (κ1) is 24.2. The molecular weight excluding hydrogens is 492 g/mol. The van der Waals surface area contributed by atoms with Crippen molar-refractivity contribution in [2.45, 2.75) is 24.5 Å². The number of nitrogens with zero attached hydrogens (tertiary/aromatic N) is 2. The molecular formula is C32H28N2O3S. The van der Waals surface area contributed by atoms with Gasteiger partial charge < -0.3 is 9.67 Å². The number of hydrogen-bond acceptors (Lipinski definition) is 3. The summed E-state index contributed by atoms with van der Waals surface area (Å²) < 4.78 is 31.3. The Hall–Kier alpha value is -4.13. The van der Waals surface area contributed by atoms with Gasteiger partial charge in [-0.25, -0.2) is 8.42 Å². The van der Waals surface area contributed by atoms with Crippen LogP contribution in [0.5, 0.6) is 0 Å². The summed E-state index contributed by atoms with van der Waals surface area (Å²) in [5.74, 6) is 0. The SMILES string of the molecule is Cc1ccc(S(=O)(=O)N(CC(O)Cn2c3ccccc3c3ccccc32)c2ccc3ccccc3c2)cc1. The van der Waals surface area contributed by atoms with E-state index in [-0.39, 0.29) is 18.0 Å². The van der Waals surface area contributed by atoms with Crippen LogP contribution >= 0.6 is 0 Å². The molecule has 1 atom stereocenters. The number of fused-ring (bicyclic) bond motifs is 4. The lowest BCUT2D eigenvalue weighted by Gasteiger charge is -2.28. The third kappa shape index (κ3) is 4.32. The van der Waals surface area contributed by atoms with Gasteiger partial charge in [0.2, 0.25) is 0 Å². The molecule has 1 unspecified atom stereocenters. The van der Waals surface area contributed by atoms with E-state index in [1.807, 2.05) is 79.7 Å². The van der Waals surface area contributed by atoms with Crippen molar-refractivity contribution >= 4 is 48.3 Å². The van der Waals surface area contributed by atoms with Crippen LogP contribution in [0.15, 0.2) is 120 Å². The molecule has 6 heteroatoms. The van der Waals surface area contributed by atoms with E-state index in [9.17, 15) is 13.5 Å². The van der Waals surface area contributed by atoms with Crippen molar-refractivity contribution in [1.82, 2.24) is 4.57 Å². The largest absolute Gasteiger partial charge is 0.389 e. The molecule has 0 radical (unpaired) electrons. The van der Waals surface area contributed by atoms with Crippen molar-refractivity contribution in [2.75, 3.05) is 10.8 Å². The quantitative estimate of drug-likeness (QED) is 0.261. The molecule has 6 aromatic rings. The molecule has 0 amide bonds. The molecule has 0 saturated carbocycles. The zero-order chi connectivity index (χ0) is 26.3. The van der Waals surface area contributed by atoms with Gasteiger partial charge in [-0.1, -0.05) is 84.4 Å². The number of aryl methyl sites for hydroxylation is 1. The van der Waals surface area contributed by atoms with Crippen LogP contribution in [0, 0.1) is 6.92 Å². The number of aliphatic hydroxyl groups excluding tert-OH is 1. The van der Waals surface area contributed by atoms with Gasteiger partial charge in [0.25, 0.3) is 10.0 Å². The van der Waals surface area contributed by atoms with E-state index in [0.717, 1.165) is 38.1 Å². The maximum absolute atomic E-state index is 14.0. The molecule has 0 fully saturated rings. The Balaban J connectivity index is 1.41. The summed E-state index contributed by atoms with van der Waals surface area (Å²) in [6, 6.07) is 36.5. The van der Waals surface area contributed by atoms with Crippen LogP contribution in [0.3, 0.4) is 0 Å². The highest BCUT2D eigenvalue weighted by Crippen LogP contribution is 2.31. The standard InChI is InChI=1S/C32H28N2O3S/c1-23-14-18-28(19-15-23)38(36,37)34(26-17-16-24-8-2-3-9-25(24)20-26)22-27(35)21-33-31-12-6-4-10-29(31)30-11-5-7-13-32(30)33/h2-20,27,35H,21-22H2,1H3. The Kier molecular flexibility index (Phi) is 6.14. The van der Waals surface area contributed by atoms with Crippen LogP contribution in [-0.2, 0) is 16.6 Å². The number of para-hydroxylation sites is 2. The third-order valence-corrected chi connectivity index (χ3v) is 8.89. The normalized spacial score (nSPS) is 12.8. The molecule has 0 aliphatic carbocycles. The number of benzene rings is 5. The highest BCUT2D eigenvalue weighted by atomic mass is 32.2. The molecule has 38 heavy (non-hydrogen) atoms. The average Bonchev–Trinajstić information content (AvgIpc) is 3.25. The Bertz CT molecular complexity index is 1820. The van der Waals surface area contributed by atoms with Gasteiger partial charge in [0, 0.05) is 21.8 Å². The van der Waals surface area contributed by atoms with Crippen molar-refractivity contribution in [1.29, 1.82) is 0 Å². The number of sulfonamides is 1. The van der Waals surface area contributed by atoms with Crippen LogP contribution in [0.4, 0.5) is 5.69 Å². The minimum atomic E-state index is -3.93. The van der Waals surface area contributed by atoms with Crippen LogP contribution in [0.2, 0.25) is 0 Å². The number of anilines is 1.